The molecule has 1 aliphatic rings. The maximum atomic E-state index is 14.3. The Hall–Kier alpha value is -5.88. The normalized spacial score (nSPS) is 12.2. The van der Waals surface area contributed by atoms with Gasteiger partial charge in [-0.3, -0.25) is 9.59 Å². The summed E-state index contributed by atoms with van der Waals surface area (Å²) in [5.74, 6) is 0.561. The van der Waals surface area contributed by atoms with Gasteiger partial charge in [-0.05, 0) is 77.6 Å². The summed E-state index contributed by atoms with van der Waals surface area (Å²) in [6.45, 7) is 3.40. The van der Waals surface area contributed by atoms with E-state index in [4.69, 9.17) is 4.74 Å². The molecule has 0 saturated carbocycles. The predicted molar refractivity (Wildman–Crippen MR) is 195 cm³/mol. The van der Waals surface area contributed by atoms with Crippen molar-refractivity contribution in [1.82, 2.24) is 9.88 Å². The molecule has 0 saturated heterocycles. The molecule has 5 aromatic carbocycles. The molecule has 6 nitrogen and oxygen atoms in total. The van der Waals surface area contributed by atoms with Crippen LogP contribution < -0.4 is 15.0 Å². The van der Waals surface area contributed by atoms with E-state index in [0.717, 1.165) is 40.1 Å². The highest BCUT2D eigenvalue weighted by atomic mass is 16.5. The minimum atomic E-state index is -0.129. The van der Waals surface area contributed by atoms with E-state index in [1.54, 1.807) is 7.11 Å². The van der Waals surface area contributed by atoms with Gasteiger partial charge in [-0.25, -0.2) is 0 Å². The third-order valence-corrected chi connectivity index (χ3v) is 9.49. The molecule has 0 aliphatic carbocycles. The van der Waals surface area contributed by atoms with Crippen molar-refractivity contribution in [3.05, 3.63) is 179 Å². The van der Waals surface area contributed by atoms with Gasteiger partial charge in [0.25, 0.3) is 11.8 Å². The Morgan fingerprint density at radius 1 is 0.735 bits per heavy atom. The fourth-order valence-corrected chi connectivity index (χ4v) is 6.93. The molecule has 0 unspecified atom stereocenters. The lowest BCUT2D eigenvalue weighted by atomic mass is 9.88. The molecule has 6 aromatic rings. The molecule has 0 spiro atoms. The van der Waals surface area contributed by atoms with Crippen LogP contribution in [0, 0.1) is 6.92 Å². The molecule has 244 valence electrons. The van der Waals surface area contributed by atoms with Crippen LogP contribution in [-0.2, 0) is 13.1 Å². The van der Waals surface area contributed by atoms with Gasteiger partial charge in [-0.2, -0.15) is 0 Å². The fourth-order valence-electron chi connectivity index (χ4n) is 6.93. The Balaban J connectivity index is 1.13. The number of benzene rings is 5. The zero-order valence-electron chi connectivity index (χ0n) is 27.8. The number of amides is 2. The van der Waals surface area contributed by atoms with Crippen molar-refractivity contribution in [2.45, 2.75) is 32.4 Å². The van der Waals surface area contributed by atoms with Crippen LogP contribution in [0.1, 0.15) is 61.1 Å². The highest BCUT2D eigenvalue weighted by molar-refractivity contribution is 6.07. The average molecular weight is 646 g/mol. The fraction of sp³-hybridized carbons (Fsp3) is 0.163. The van der Waals surface area contributed by atoms with Crippen LogP contribution in [0.4, 0.5) is 5.69 Å². The summed E-state index contributed by atoms with van der Waals surface area (Å²) in [7, 11) is 1.63. The highest BCUT2D eigenvalue weighted by Gasteiger charge is 2.28. The topological polar surface area (TPSA) is 63.6 Å². The van der Waals surface area contributed by atoms with Crippen molar-refractivity contribution < 1.29 is 14.3 Å². The number of methoxy groups -OCH3 is 1. The quantitative estimate of drug-likeness (QED) is 0.171. The van der Waals surface area contributed by atoms with Crippen LogP contribution in [0.5, 0.6) is 5.75 Å². The van der Waals surface area contributed by atoms with Gasteiger partial charge in [0.05, 0.1) is 20.2 Å². The standard InChI is InChI=1S/C43H39N3O3/c1-30-13-9-11-19-36(30)38-23-21-33(27-41(38)49-2)43(48)46-29-35-22-24-40(45(35)28-34-18-10-12-20-39(34)46)42(47)44-26-25-37(31-14-5-3-6-15-31)32-16-7-4-8-17-32/h3-24,27,37H,25-26,28-29H2,1-2H3,(H,44,47). The van der Waals surface area contributed by atoms with Gasteiger partial charge in [0.2, 0.25) is 0 Å². The van der Waals surface area contributed by atoms with Crippen molar-refractivity contribution in [3.8, 4) is 16.9 Å². The number of hydrogen-bond donors (Lipinski definition) is 1. The van der Waals surface area contributed by atoms with Crippen molar-refractivity contribution in [2.24, 2.45) is 0 Å². The van der Waals surface area contributed by atoms with Crippen LogP contribution >= 0.6 is 0 Å². The Morgan fingerprint density at radius 2 is 1.41 bits per heavy atom. The predicted octanol–water partition coefficient (Wildman–Crippen LogP) is 8.63. The van der Waals surface area contributed by atoms with Crippen molar-refractivity contribution in [2.75, 3.05) is 18.6 Å². The molecule has 2 heterocycles. The lowest BCUT2D eigenvalue weighted by Crippen LogP contribution is -2.31. The van der Waals surface area contributed by atoms with Gasteiger partial charge in [0.15, 0.2) is 0 Å². The molecule has 1 N–H and O–H groups in total. The number of nitrogens with one attached hydrogen (secondary N) is 1. The molecule has 7 rings (SSSR count). The van der Waals surface area contributed by atoms with Crippen LogP contribution in [0.15, 0.2) is 140 Å². The maximum absolute atomic E-state index is 14.3. The van der Waals surface area contributed by atoms with Gasteiger partial charge in [0.1, 0.15) is 11.4 Å². The van der Waals surface area contributed by atoms with E-state index >= 15 is 0 Å². The summed E-state index contributed by atoms with van der Waals surface area (Å²) in [5.41, 5.74) is 9.40. The maximum Gasteiger partial charge on any atom is 0.267 e. The summed E-state index contributed by atoms with van der Waals surface area (Å²) >= 11 is 0. The summed E-state index contributed by atoms with van der Waals surface area (Å²) in [4.78, 5) is 29.8. The number of carbonyl (C=O) groups excluding carboxylic acids is 2. The van der Waals surface area contributed by atoms with Crippen LogP contribution in [0.25, 0.3) is 11.1 Å². The molecule has 0 fully saturated rings. The second-order valence-corrected chi connectivity index (χ2v) is 12.5. The number of para-hydroxylation sites is 1. The summed E-state index contributed by atoms with van der Waals surface area (Å²) in [6.07, 6.45) is 0.768. The number of aryl methyl sites for hydroxylation is 1. The Morgan fingerprint density at radius 3 is 2.12 bits per heavy atom. The third kappa shape index (κ3) is 6.50. The molecule has 0 atom stereocenters. The van der Waals surface area contributed by atoms with Crippen LogP contribution in [-0.4, -0.2) is 30.0 Å². The zero-order valence-corrected chi connectivity index (χ0v) is 27.8. The van der Waals surface area contributed by atoms with Crippen LogP contribution in [0.3, 0.4) is 0 Å². The first-order valence-electron chi connectivity index (χ1n) is 16.7. The molecular formula is C43H39N3O3. The highest BCUT2D eigenvalue weighted by Crippen LogP contribution is 2.35. The van der Waals surface area contributed by atoms with Gasteiger partial charge in [0, 0.05) is 35.0 Å². The first-order chi connectivity index (χ1) is 24.0. The Bertz CT molecular complexity index is 2060. The number of hydrogen-bond acceptors (Lipinski definition) is 3. The van der Waals surface area contributed by atoms with E-state index < -0.39 is 0 Å². The van der Waals surface area contributed by atoms with Crippen LogP contribution in [0.2, 0.25) is 0 Å². The lowest BCUT2D eigenvalue weighted by molar-refractivity contribution is 0.0943. The number of aromatic nitrogens is 1. The molecule has 1 aromatic heterocycles. The molecule has 2 amide bonds. The second-order valence-electron chi connectivity index (χ2n) is 12.5. The molecule has 6 heteroatoms. The molecule has 1 aliphatic heterocycles. The molecular weight excluding hydrogens is 606 g/mol. The summed E-state index contributed by atoms with van der Waals surface area (Å²) < 4.78 is 7.83. The molecule has 0 bridgehead atoms. The summed E-state index contributed by atoms with van der Waals surface area (Å²) in [6, 6.07) is 46.4. The van der Waals surface area contributed by atoms with E-state index in [9.17, 15) is 9.59 Å². The average Bonchev–Trinajstić information content (AvgIpc) is 3.46. The molecule has 0 radical (unpaired) electrons. The largest absolute Gasteiger partial charge is 0.496 e. The first-order valence-corrected chi connectivity index (χ1v) is 16.7. The van der Waals surface area contributed by atoms with E-state index in [-0.39, 0.29) is 17.7 Å². The SMILES string of the molecule is COc1cc(C(=O)N2Cc3ccc(C(=O)NCCC(c4ccccc4)c4ccccc4)n3Cc3ccccc32)ccc1-c1ccccc1C. The number of anilines is 1. The number of fused-ring (bicyclic) bond motifs is 2. The van der Waals surface area contributed by atoms with E-state index in [1.807, 2.05) is 88.3 Å². The molecule has 49 heavy (non-hydrogen) atoms. The monoisotopic (exact) mass is 645 g/mol. The smallest absolute Gasteiger partial charge is 0.267 e. The van der Waals surface area contributed by atoms with E-state index in [1.165, 1.54) is 11.1 Å². The lowest BCUT2D eigenvalue weighted by Gasteiger charge is -2.23. The number of carbonyl (C=O) groups is 2. The third-order valence-electron chi connectivity index (χ3n) is 9.49. The van der Waals surface area contributed by atoms with Crippen molar-refractivity contribution in [3.63, 3.8) is 0 Å². The zero-order chi connectivity index (χ0) is 33.7. The van der Waals surface area contributed by atoms with Gasteiger partial charge in [-0.15, -0.1) is 0 Å². The van der Waals surface area contributed by atoms with Gasteiger partial charge >= 0.3 is 0 Å². The number of nitrogens with zero attached hydrogens (tertiary/aromatic N) is 2. The van der Waals surface area contributed by atoms with E-state index in [2.05, 4.69) is 72.9 Å². The van der Waals surface area contributed by atoms with Crippen molar-refractivity contribution >= 4 is 17.5 Å². The van der Waals surface area contributed by atoms with Gasteiger partial charge in [-0.1, -0.05) is 103 Å². The Labute approximate surface area is 287 Å². The Kier molecular flexibility index (Phi) is 9.11. The van der Waals surface area contributed by atoms with Gasteiger partial charge < -0.3 is 19.5 Å². The van der Waals surface area contributed by atoms with Crippen molar-refractivity contribution in [1.29, 1.82) is 0 Å². The minimum absolute atomic E-state index is 0.125. The second kappa shape index (κ2) is 14.1. The summed E-state index contributed by atoms with van der Waals surface area (Å²) in [5, 5.41) is 3.19. The minimum Gasteiger partial charge on any atom is -0.496 e. The first kappa shape index (κ1) is 31.7. The number of rotatable bonds is 9. The number of ether oxygens (including phenoxy) is 1. The van der Waals surface area contributed by atoms with E-state index in [0.29, 0.717) is 36.6 Å².